The lowest BCUT2D eigenvalue weighted by Gasteiger charge is -2.37. The summed E-state index contributed by atoms with van der Waals surface area (Å²) in [5.41, 5.74) is 1.14. The first-order chi connectivity index (χ1) is 10.5. The molecule has 1 aromatic carbocycles. The summed E-state index contributed by atoms with van der Waals surface area (Å²) in [5, 5.41) is 0. The molecule has 0 radical (unpaired) electrons. The molecule has 2 heterocycles. The van der Waals surface area contributed by atoms with Gasteiger partial charge >= 0.3 is 0 Å². The number of hydrogen-bond donors (Lipinski definition) is 0. The number of rotatable bonds is 5. The fraction of sp³-hybridized carbons (Fsp3) is 0.438. The Hall–Kier alpha value is -1.66. The maximum absolute atomic E-state index is 12.5. The number of aryl methyl sites for hydroxylation is 1. The van der Waals surface area contributed by atoms with Crippen LogP contribution in [-0.2, 0) is 16.6 Å². The summed E-state index contributed by atoms with van der Waals surface area (Å²) in [6.45, 7) is 6.14. The quantitative estimate of drug-likeness (QED) is 0.850. The minimum Gasteiger partial charge on any atom is -0.332 e. The third kappa shape index (κ3) is 2.57. The molecule has 6 heteroatoms. The van der Waals surface area contributed by atoms with Crippen molar-refractivity contribution < 1.29 is 8.42 Å². The van der Waals surface area contributed by atoms with Gasteiger partial charge in [0.25, 0.3) is 0 Å². The van der Waals surface area contributed by atoms with Crippen LogP contribution in [0.4, 0.5) is 0 Å². The van der Waals surface area contributed by atoms with Crippen LogP contribution in [0.5, 0.6) is 0 Å². The second-order valence-corrected chi connectivity index (χ2v) is 7.68. The lowest BCUT2D eigenvalue weighted by Crippen LogP contribution is -2.49. The summed E-state index contributed by atoms with van der Waals surface area (Å²) < 4.78 is 28.8. The van der Waals surface area contributed by atoms with Gasteiger partial charge in [0.15, 0.2) is 0 Å². The summed E-state index contributed by atoms with van der Waals surface area (Å²) in [6.07, 6.45) is 2.92. The Morgan fingerprint density at radius 3 is 2.55 bits per heavy atom. The summed E-state index contributed by atoms with van der Waals surface area (Å²) in [6, 6.07) is 8.61. The lowest BCUT2D eigenvalue weighted by molar-refractivity contribution is 0.250. The minimum absolute atomic E-state index is 0.193. The Balaban J connectivity index is 1.75. The minimum atomic E-state index is -3.37. The highest BCUT2D eigenvalue weighted by Gasteiger charge is 2.39. The summed E-state index contributed by atoms with van der Waals surface area (Å²) in [5.74, 6) is 1.21. The van der Waals surface area contributed by atoms with Gasteiger partial charge in [0.2, 0.25) is 10.0 Å². The van der Waals surface area contributed by atoms with Crippen LogP contribution < -0.4 is 0 Å². The first-order valence-electron chi connectivity index (χ1n) is 7.61. The third-order valence-corrected chi connectivity index (χ3v) is 5.97. The highest BCUT2D eigenvalue weighted by molar-refractivity contribution is 7.89. The van der Waals surface area contributed by atoms with Crippen molar-refractivity contribution >= 4 is 10.0 Å². The van der Waals surface area contributed by atoms with Crippen molar-refractivity contribution in [1.82, 2.24) is 13.9 Å². The number of imidazole rings is 1. The maximum Gasteiger partial charge on any atom is 0.243 e. The van der Waals surface area contributed by atoms with Crippen molar-refractivity contribution in [3.63, 3.8) is 0 Å². The van der Waals surface area contributed by atoms with E-state index in [0.717, 1.165) is 24.5 Å². The topological polar surface area (TPSA) is 55.2 Å². The van der Waals surface area contributed by atoms with Crippen molar-refractivity contribution in [3.05, 3.63) is 48.0 Å². The van der Waals surface area contributed by atoms with Crippen LogP contribution in [-0.4, -0.2) is 35.4 Å². The Morgan fingerprint density at radius 1 is 1.23 bits per heavy atom. The highest BCUT2D eigenvalue weighted by Crippen LogP contribution is 2.31. The van der Waals surface area contributed by atoms with Gasteiger partial charge in [-0.1, -0.05) is 25.1 Å². The van der Waals surface area contributed by atoms with Gasteiger partial charge in [-0.05, 0) is 25.5 Å². The molecule has 0 saturated carbocycles. The number of nitrogens with zero attached hydrogens (tertiary/aromatic N) is 3. The standard InChI is InChI=1S/C16H21N3O2S/c1-3-9-19-13(2)10-17-16(19)14-11-18(12-14)22(20,21)15-7-5-4-6-8-15/h4-8,10,14H,3,9,11-12H2,1-2H3. The highest BCUT2D eigenvalue weighted by atomic mass is 32.2. The van der Waals surface area contributed by atoms with Gasteiger partial charge in [-0.15, -0.1) is 0 Å². The van der Waals surface area contributed by atoms with Gasteiger partial charge in [0.1, 0.15) is 5.82 Å². The first-order valence-corrected chi connectivity index (χ1v) is 9.05. The molecule has 1 aliphatic rings. The number of aromatic nitrogens is 2. The molecule has 0 spiro atoms. The van der Waals surface area contributed by atoms with Crippen LogP contribution >= 0.6 is 0 Å². The van der Waals surface area contributed by atoms with Gasteiger partial charge in [-0.3, -0.25) is 0 Å². The van der Waals surface area contributed by atoms with Crippen LogP contribution in [0.3, 0.4) is 0 Å². The Morgan fingerprint density at radius 2 is 1.91 bits per heavy atom. The third-order valence-electron chi connectivity index (χ3n) is 4.13. The summed E-state index contributed by atoms with van der Waals surface area (Å²) in [7, 11) is -3.37. The molecule has 0 atom stereocenters. The van der Waals surface area contributed by atoms with E-state index in [1.165, 1.54) is 4.31 Å². The van der Waals surface area contributed by atoms with E-state index in [1.54, 1.807) is 24.3 Å². The molecule has 3 rings (SSSR count). The molecule has 0 amide bonds. The zero-order chi connectivity index (χ0) is 15.7. The number of hydrogen-bond acceptors (Lipinski definition) is 3. The molecule has 0 N–H and O–H groups in total. The van der Waals surface area contributed by atoms with E-state index < -0.39 is 10.0 Å². The molecule has 118 valence electrons. The van der Waals surface area contributed by atoms with Crippen LogP contribution in [0.25, 0.3) is 0 Å². The predicted octanol–water partition coefficient (Wildman–Crippen LogP) is 2.39. The largest absolute Gasteiger partial charge is 0.332 e. The van der Waals surface area contributed by atoms with Crippen LogP contribution in [0.1, 0.15) is 30.8 Å². The normalized spacial score (nSPS) is 16.6. The molecule has 22 heavy (non-hydrogen) atoms. The number of benzene rings is 1. The van der Waals surface area contributed by atoms with Gasteiger partial charge in [0, 0.05) is 37.4 Å². The van der Waals surface area contributed by atoms with Crippen molar-refractivity contribution in [2.24, 2.45) is 0 Å². The molecular weight excluding hydrogens is 298 g/mol. The summed E-state index contributed by atoms with van der Waals surface area (Å²) in [4.78, 5) is 4.85. The Kier molecular flexibility index (Phi) is 4.06. The van der Waals surface area contributed by atoms with Gasteiger partial charge < -0.3 is 4.57 Å². The van der Waals surface area contributed by atoms with E-state index in [4.69, 9.17) is 0 Å². The molecule has 0 unspecified atom stereocenters. The van der Waals surface area contributed by atoms with E-state index in [9.17, 15) is 8.42 Å². The number of sulfonamides is 1. The van der Waals surface area contributed by atoms with Gasteiger partial charge in [-0.25, -0.2) is 13.4 Å². The molecule has 2 aromatic rings. The monoisotopic (exact) mass is 319 g/mol. The fourth-order valence-electron chi connectivity index (χ4n) is 2.86. The van der Waals surface area contributed by atoms with E-state index in [0.29, 0.717) is 18.0 Å². The second kappa shape index (κ2) is 5.85. The van der Waals surface area contributed by atoms with E-state index in [1.807, 2.05) is 19.2 Å². The second-order valence-electron chi connectivity index (χ2n) is 5.74. The molecule has 1 saturated heterocycles. The average molecular weight is 319 g/mol. The molecule has 5 nitrogen and oxygen atoms in total. The maximum atomic E-state index is 12.5. The average Bonchev–Trinajstić information content (AvgIpc) is 2.80. The first kappa shape index (κ1) is 15.2. The fourth-order valence-corrected chi connectivity index (χ4v) is 4.41. The van der Waals surface area contributed by atoms with Crippen molar-refractivity contribution in [2.75, 3.05) is 13.1 Å². The zero-order valence-electron chi connectivity index (χ0n) is 12.9. The zero-order valence-corrected chi connectivity index (χ0v) is 13.8. The van der Waals surface area contributed by atoms with Gasteiger partial charge in [-0.2, -0.15) is 4.31 Å². The van der Waals surface area contributed by atoms with E-state index >= 15 is 0 Å². The molecule has 1 fully saturated rings. The molecule has 1 aromatic heterocycles. The van der Waals surface area contributed by atoms with Crippen molar-refractivity contribution in [1.29, 1.82) is 0 Å². The molecule has 1 aliphatic heterocycles. The van der Waals surface area contributed by atoms with E-state index in [-0.39, 0.29) is 5.92 Å². The predicted molar refractivity (Wildman–Crippen MR) is 85.2 cm³/mol. The smallest absolute Gasteiger partial charge is 0.243 e. The van der Waals surface area contributed by atoms with Crippen LogP contribution in [0, 0.1) is 6.92 Å². The van der Waals surface area contributed by atoms with Gasteiger partial charge in [0.05, 0.1) is 4.90 Å². The van der Waals surface area contributed by atoms with Crippen LogP contribution in [0.15, 0.2) is 41.4 Å². The van der Waals surface area contributed by atoms with E-state index in [2.05, 4.69) is 16.5 Å². The molecular formula is C16H21N3O2S. The lowest BCUT2D eigenvalue weighted by atomic mass is 10.0. The van der Waals surface area contributed by atoms with Crippen molar-refractivity contribution in [2.45, 2.75) is 37.6 Å². The Labute approximate surface area is 131 Å². The SMILES string of the molecule is CCCn1c(C)cnc1C1CN(S(=O)(=O)c2ccccc2)C1. The van der Waals surface area contributed by atoms with Crippen molar-refractivity contribution in [3.8, 4) is 0 Å². The molecule has 0 bridgehead atoms. The molecule has 0 aliphatic carbocycles. The van der Waals surface area contributed by atoms with Crippen LogP contribution in [0.2, 0.25) is 0 Å². The Bertz CT molecular complexity index is 747. The summed E-state index contributed by atoms with van der Waals surface area (Å²) >= 11 is 0.